The second-order valence-electron chi connectivity index (χ2n) is 4.09. The van der Waals surface area contributed by atoms with Crippen LogP contribution >= 0.6 is 0 Å². The van der Waals surface area contributed by atoms with Gasteiger partial charge in [-0.3, -0.25) is 13.9 Å². The van der Waals surface area contributed by atoms with Crippen LogP contribution in [0.1, 0.15) is 20.8 Å². The summed E-state index contributed by atoms with van der Waals surface area (Å²) in [4.78, 5) is 25.1. The predicted octanol–water partition coefficient (Wildman–Crippen LogP) is 0.536. The first-order chi connectivity index (χ1) is 7.47. The van der Waals surface area contributed by atoms with Crippen molar-refractivity contribution in [3.05, 3.63) is 22.9 Å². The number of carbonyl (C=O) groups excluding carboxylic acids is 1. The maximum absolute atomic E-state index is 11.8. The first-order valence-corrected chi connectivity index (χ1v) is 5.48. The minimum absolute atomic E-state index is 0.0500. The van der Waals surface area contributed by atoms with Gasteiger partial charge in [0.2, 0.25) is 5.91 Å². The summed E-state index contributed by atoms with van der Waals surface area (Å²) in [5.74, 6) is -0.0500. The van der Waals surface area contributed by atoms with E-state index in [0.29, 0.717) is 6.54 Å². The van der Waals surface area contributed by atoms with E-state index in [1.165, 1.54) is 4.57 Å². The van der Waals surface area contributed by atoms with E-state index in [2.05, 4.69) is 0 Å². The maximum Gasteiger partial charge on any atom is 0.328 e. The van der Waals surface area contributed by atoms with Crippen LogP contribution in [0.2, 0.25) is 0 Å². The number of rotatable bonds is 4. The number of carbonyl (C=O) groups is 1. The molecule has 16 heavy (non-hydrogen) atoms. The molecule has 0 spiro atoms. The van der Waals surface area contributed by atoms with E-state index in [1.807, 2.05) is 20.8 Å². The molecule has 0 fully saturated rings. The minimum Gasteiger partial charge on any atom is -0.342 e. The van der Waals surface area contributed by atoms with Crippen LogP contribution in [-0.4, -0.2) is 33.0 Å². The van der Waals surface area contributed by atoms with Crippen LogP contribution in [-0.2, 0) is 17.9 Å². The Labute approximate surface area is 95.3 Å². The molecule has 0 unspecified atom stereocenters. The molecule has 0 aromatic carbocycles. The highest BCUT2D eigenvalue weighted by Crippen LogP contribution is 1.96. The normalized spacial score (nSPS) is 10.8. The molecule has 1 rings (SSSR count). The molecule has 1 aromatic rings. The van der Waals surface area contributed by atoms with Gasteiger partial charge >= 0.3 is 5.69 Å². The van der Waals surface area contributed by atoms with Crippen LogP contribution in [0.25, 0.3) is 0 Å². The predicted molar refractivity (Wildman–Crippen MR) is 62.3 cm³/mol. The molecule has 0 saturated carbocycles. The van der Waals surface area contributed by atoms with Crippen molar-refractivity contribution in [3.8, 4) is 0 Å². The van der Waals surface area contributed by atoms with E-state index in [9.17, 15) is 9.59 Å². The molecule has 5 heteroatoms. The van der Waals surface area contributed by atoms with Crippen LogP contribution in [0.4, 0.5) is 0 Å². The van der Waals surface area contributed by atoms with Crippen LogP contribution in [0.3, 0.4) is 0 Å². The Bertz CT molecular complexity index is 417. The summed E-state index contributed by atoms with van der Waals surface area (Å²) >= 11 is 0. The molecule has 5 nitrogen and oxygen atoms in total. The number of hydrogen-bond donors (Lipinski definition) is 0. The zero-order chi connectivity index (χ0) is 12.3. The summed E-state index contributed by atoms with van der Waals surface area (Å²) in [6.45, 7) is 6.52. The van der Waals surface area contributed by atoms with E-state index in [-0.39, 0.29) is 24.2 Å². The molecule has 0 atom stereocenters. The number of imidazole rings is 1. The molecule has 0 N–H and O–H groups in total. The van der Waals surface area contributed by atoms with Gasteiger partial charge in [-0.15, -0.1) is 0 Å². The van der Waals surface area contributed by atoms with Gasteiger partial charge in [-0.1, -0.05) is 0 Å². The fraction of sp³-hybridized carbons (Fsp3) is 0.636. The maximum atomic E-state index is 11.8. The minimum atomic E-state index is -0.131. The molecular formula is C11H19N3O2. The molecule has 0 radical (unpaired) electrons. The number of hydrogen-bond acceptors (Lipinski definition) is 2. The van der Waals surface area contributed by atoms with Crippen LogP contribution in [0.5, 0.6) is 0 Å². The largest absolute Gasteiger partial charge is 0.342 e. The van der Waals surface area contributed by atoms with Crippen LogP contribution in [0, 0.1) is 0 Å². The first kappa shape index (κ1) is 12.5. The van der Waals surface area contributed by atoms with Gasteiger partial charge in [-0.2, -0.15) is 0 Å². The summed E-state index contributed by atoms with van der Waals surface area (Å²) in [6, 6.07) is 0.150. The molecule has 0 bridgehead atoms. The van der Waals surface area contributed by atoms with E-state index in [4.69, 9.17) is 0 Å². The van der Waals surface area contributed by atoms with Gasteiger partial charge in [-0.05, 0) is 20.8 Å². The zero-order valence-electron chi connectivity index (χ0n) is 10.3. The van der Waals surface area contributed by atoms with E-state index >= 15 is 0 Å². The van der Waals surface area contributed by atoms with Gasteiger partial charge in [0, 0.05) is 32.0 Å². The molecular weight excluding hydrogens is 206 g/mol. The summed E-state index contributed by atoms with van der Waals surface area (Å²) < 4.78 is 3.01. The molecule has 1 aromatic heterocycles. The van der Waals surface area contributed by atoms with Crippen LogP contribution in [0.15, 0.2) is 17.2 Å². The third-order valence-electron chi connectivity index (χ3n) is 2.73. The summed E-state index contributed by atoms with van der Waals surface area (Å²) in [6.07, 6.45) is 3.35. The molecule has 1 heterocycles. The van der Waals surface area contributed by atoms with Gasteiger partial charge in [0.05, 0.1) is 0 Å². The van der Waals surface area contributed by atoms with E-state index in [1.54, 1.807) is 28.9 Å². The lowest BCUT2D eigenvalue weighted by atomic mass is 10.3. The summed E-state index contributed by atoms with van der Waals surface area (Å²) in [5.41, 5.74) is -0.131. The van der Waals surface area contributed by atoms with E-state index < -0.39 is 0 Å². The second kappa shape index (κ2) is 5.01. The Hall–Kier alpha value is -1.52. The highest BCUT2D eigenvalue weighted by Gasteiger charge is 2.13. The molecule has 0 aliphatic heterocycles. The second-order valence-corrected chi connectivity index (χ2v) is 4.09. The molecule has 0 aliphatic rings. The standard InChI is InChI=1S/C11H19N3O2/c1-5-13-6-7-14(11(13)16)8-10(15)12(4)9(2)3/h6-7,9H,5,8H2,1-4H3. The SMILES string of the molecule is CCn1ccn(CC(=O)N(C)C(C)C)c1=O. The van der Waals surface area contributed by atoms with Gasteiger partial charge < -0.3 is 4.90 Å². The third-order valence-corrected chi connectivity index (χ3v) is 2.73. The van der Waals surface area contributed by atoms with Gasteiger partial charge in [0.1, 0.15) is 6.54 Å². The number of amides is 1. The Morgan fingerprint density at radius 1 is 1.38 bits per heavy atom. The molecule has 90 valence electrons. The topological polar surface area (TPSA) is 47.2 Å². The average molecular weight is 225 g/mol. The molecule has 1 amide bonds. The smallest absolute Gasteiger partial charge is 0.328 e. The van der Waals surface area contributed by atoms with Gasteiger partial charge in [-0.25, -0.2) is 4.79 Å². The highest BCUT2D eigenvalue weighted by molar-refractivity contribution is 5.75. The lowest BCUT2D eigenvalue weighted by Crippen LogP contribution is -2.37. The van der Waals surface area contributed by atoms with Crippen molar-refractivity contribution in [3.63, 3.8) is 0 Å². The first-order valence-electron chi connectivity index (χ1n) is 5.48. The number of aryl methyl sites for hydroxylation is 1. The Morgan fingerprint density at radius 2 is 1.94 bits per heavy atom. The highest BCUT2D eigenvalue weighted by atomic mass is 16.2. The van der Waals surface area contributed by atoms with E-state index in [0.717, 1.165) is 0 Å². The third kappa shape index (κ3) is 2.53. The van der Waals surface area contributed by atoms with Crippen molar-refractivity contribution in [1.29, 1.82) is 0 Å². The summed E-state index contributed by atoms with van der Waals surface area (Å²) in [5, 5.41) is 0. The van der Waals surface area contributed by atoms with Gasteiger partial charge in [0.15, 0.2) is 0 Å². The Balaban J connectivity index is 2.78. The Kier molecular flexibility index (Phi) is 3.93. The fourth-order valence-corrected chi connectivity index (χ4v) is 1.36. The number of nitrogens with zero attached hydrogens (tertiary/aromatic N) is 3. The number of aromatic nitrogens is 2. The van der Waals surface area contributed by atoms with Crippen LogP contribution < -0.4 is 5.69 Å². The molecule has 0 aliphatic carbocycles. The monoisotopic (exact) mass is 225 g/mol. The van der Waals surface area contributed by atoms with Crippen molar-refractivity contribution in [1.82, 2.24) is 14.0 Å². The lowest BCUT2D eigenvalue weighted by molar-refractivity contribution is -0.132. The quantitative estimate of drug-likeness (QED) is 0.750. The van der Waals surface area contributed by atoms with Crippen molar-refractivity contribution in [2.24, 2.45) is 0 Å². The zero-order valence-corrected chi connectivity index (χ0v) is 10.3. The fourth-order valence-electron chi connectivity index (χ4n) is 1.36. The van der Waals surface area contributed by atoms with Gasteiger partial charge in [0.25, 0.3) is 0 Å². The molecule has 0 saturated heterocycles. The van der Waals surface area contributed by atoms with Crippen molar-refractivity contribution in [2.75, 3.05) is 7.05 Å². The summed E-state index contributed by atoms with van der Waals surface area (Å²) in [7, 11) is 1.74. The lowest BCUT2D eigenvalue weighted by Gasteiger charge is -2.21. The Morgan fingerprint density at radius 3 is 2.38 bits per heavy atom. The number of likely N-dealkylation sites (N-methyl/N-ethyl adjacent to an activating group) is 1. The van der Waals surface area contributed by atoms with Crippen molar-refractivity contribution >= 4 is 5.91 Å². The van der Waals surface area contributed by atoms with Crippen molar-refractivity contribution in [2.45, 2.75) is 39.9 Å². The van der Waals surface area contributed by atoms with Crippen molar-refractivity contribution < 1.29 is 4.79 Å². The average Bonchev–Trinajstić information content (AvgIpc) is 2.58.